The molecule has 0 aliphatic heterocycles. The summed E-state index contributed by atoms with van der Waals surface area (Å²) in [6.07, 6.45) is 1.28. The molecule has 0 aliphatic rings. The molecule has 0 amide bonds. The largest absolute Gasteiger partial charge is 0.493 e. The minimum absolute atomic E-state index is 0.0329. The lowest BCUT2D eigenvalue weighted by molar-refractivity contribution is 0.356. The summed E-state index contributed by atoms with van der Waals surface area (Å²) >= 11 is 5.63. The Hall–Kier alpha value is -2.67. The van der Waals surface area contributed by atoms with E-state index >= 15 is 0 Å². The van der Waals surface area contributed by atoms with Crippen LogP contribution in [0, 0.1) is 11.6 Å². The van der Waals surface area contributed by atoms with Crippen LogP contribution in [0.15, 0.2) is 30.6 Å². The molecule has 3 aromatic rings. The molecule has 24 heavy (non-hydrogen) atoms. The number of rotatable bonds is 4. The fraction of sp³-hybridized carbons (Fsp3) is 0.125. The van der Waals surface area contributed by atoms with E-state index in [-0.39, 0.29) is 16.5 Å². The maximum atomic E-state index is 14.0. The summed E-state index contributed by atoms with van der Waals surface area (Å²) in [5.41, 5.74) is 0.175. The monoisotopic (exact) mass is 351 g/mol. The quantitative estimate of drug-likeness (QED) is 0.758. The third-order valence-electron chi connectivity index (χ3n) is 3.39. The molecule has 0 saturated carbocycles. The van der Waals surface area contributed by atoms with Crippen molar-refractivity contribution in [2.24, 2.45) is 0 Å². The van der Waals surface area contributed by atoms with E-state index in [1.54, 1.807) is 12.1 Å². The van der Waals surface area contributed by atoms with Crippen molar-refractivity contribution in [3.05, 3.63) is 47.2 Å². The number of fused-ring (bicyclic) bond motifs is 1. The molecule has 124 valence electrons. The molecule has 0 spiro atoms. The molecule has 0 aliphatic carbocycles. The van der Waals surface area contributed by atoms with Crippen LogP contribution in [0.2, 0.25) is 5.02 Å². The van der Waals surface area contributed by atoms with Crippen LogP contribution in [0.1, 0.15) is 0 Å². The molecular weight excluding hydrogens is 340 g/mol. The normalized spacial score (nSPS) is 10.7. The van der Waals surface area contributed by atoms with E-state index in [1.165, 1.54) is 20.5 Å². The Bertz CT molecular complexity index is 898. The van der Waals surface area contributed by atoms with Gasteiger partial charge in [0.15, 0.2) is 23.1 Å². The number of halogens is 3. The minimum Gasteiger partial charge on any atom is -0.493 e. The topological polar surface area (TPSA) is 56.3 Å². The molecule has 0 unspecified atom stereocenters. The van der Waals surface area contributed by atoms with Gasteiger partial charge in [-0.25, -0.2) is 18.7 Å². The van der Waals surface area contributed by atoms with E-state index in [1.807, 2.05) is 0 Å². The average Bonchev–Trinajstić information content (AvgIpc) is 2.56. The van der Waals surface area contributed by atoms with E-state index in [4.69, 9.17) is 21.1 Å². The van der Waals surface area contributed by atoms with Gasteiger partial charge in [0.05, 0.1) is 19.7 Å². The molecule has 3 rings (SSSR count). The van der Waals surface area contributed by atoms with Gasteiger partial charge in [-0.05, 0) is 18.2 Å². The van der Waals surface area contributed by atoms with E-state index in [2.05, 4.69) is 15.3 Å². The van der Waals surface area contributed by atoms with Crippen molar-refractivity contribution in [1.82, 2.24) is 9.97 Å². The van der Waals surface area contributed by atoms with Crippen LogP contribution in [0.3, 0.4) is 0 Å². The van der Waals surface area contributed by atoms with Crippen LogP contribution >= 0.6 is 11.6 Å². The summed E-state index contributed by atoms with van der Waals surface area (Å²) in [4.78, 5) is 8.18. The second kappa shape index (κ2) is 6.45. The number of anilines is 2. The number of nitrogens with one attached hydrogen (secondary N) is 1. The summed E-state index contributed by atoms with van der Waals surface area (Å²) < 4.78 is 38.4. The summed E-state index contributed by atoms with van der Waals surface area (Å²) in [5.74, 6) is -0.501. The van der Waals surface area contributed by atoms with Gasteiger partial charge >= 0.3 is 0 Å². The number of aromatic nitrogens is 2. The van der Waals surface area contributed by atoms with Crippen molar-refractivity contribution in [1.29, 1.82) is 0 Å². The number of ether oxygens (including phenoxy) is 2. The third kappa shape index (κ3) is 2.90. The molecule has 0 radical (unpaired) electrons. The highest BCUT2D eigenvalue weighted by atomic mass is 35.5. The number of hydrogen-bond donors (Lipinski definition) is 1. The zero-order valence-corrected chi connectivity index (χ0v) is 13.5. The first-order chi connectivity index (χ1) is 11.5. The predicted octanol–water partition coefficient (Wildman–Crippen LogP) is 4.32. The fourth-order valence-corrected chi connectivity index (χ4v) is 2.45. The predicted molar refractivity (Wildman–Crippen MR) is 87.3 cm³/mol. The standard InChI is InChI=1S/C16H12ClF2N3O2/c1-23-13-5-9-12(6-14(13)24-2)20-7-21-16(9)22-15-10(18)3-8(17)4-11(15)19/h3-7H,1-2H3,(H,20,21,22). The van der Waals surface area contributed by atoms with Gasteiger partial charge in [0.25, 0.3) is 0 Å². The molecule has 1 aromatic heterocycles. The third-order valence-corrected chi connectivity index (χ3v) is 3.61. The Morgan fingerprint density at radius 1 is 0.958 bits per heavy atom. The van der Waals surface area contributed by atoms with Gasteiger partial charge in [-0.15, -0.1) is 0 Å². The van der Waals surface area contributed by atoms with E-state index in [0.29, 0.717) is 22.4 Å². The van der Waals surface area contributed by atoms with E-state index in [9.17, 15) is 8.78 Å². The molecule has 0 fully saturated rings. The molecule has 1 heterocycles. The molecule has 5 nitrogen and oxygen atoms in total. The first-order valence-corrected chi connectivity index (χ1v) is 7.19. The molecular formula is C16H12ClF2N3O2. The van der Waals surface area contributed by atoms with E-state index in [0.717, 1.165) is 12.1 Å². The van der Waals surface area contributed by atoms with Crippen LogP contribution in [-0.2, 0) is 0 Å². The van der Waals surface area contributed by atoms with Crippen LogP contribution < -0.4 is 14.8 Å². The fourth-order valence-electron chi connectivity index (χ4n) is 2.26. The Balaban J connectivity index is 2.14. The first kappa shape index (κ1) is 16.2. The maximum Gasteiger partial charge on any atom is 0.162 e. The van der Waals surface area contributed by atoms with Crippen molar-refractivity contribution in [2.45, 2.75) is 0 Å². The summed E-state index contributed by atoms with van der Waals surface area (Å²) in [6, 6.07) is 5.30. The first-order valence-electron chi connectivity index (χ1n) is 6.81. The van der Waals surface area contributed by atoms with Gasteiger partial charge in [0.2, 0.25) is 0 Å². The smallest absolute Gasteiger partial charge is 0.162 e. The van der Waals surface area contributed by atoms with Gasteiger partial charge in [-0.2, -0.15) is 0 Å². The lowest BCUT2D eigenvalue weighted by atomic mass is 10.2. The SMILES string of the molecule is COc1cc2ncnc(Nc3c(F)cc(Cl)cc3F)c2cc1OC. The molecule has 0 bridgehead atoms. The Morgan fingerprint density at radius 3 is 2.21 bits per heavy atom. The molecule has 1 N–H and O–H groups in total. The number of methoxy groups -OCH3 is 2. The summed E-state index contributed by atoms with van der Waals surface area (Å²) in [5, 5.41) is 3.13. The average molecular weight is 352 g/mol. The minimum atomic E-state index is -0.827. The Kier molecular flexibility index (Phi) is 4.35. The summed E-state index contributed by atoms with van der Waals surface area (Å²) in [7, 11) is 2.99. The second-order valence-electron chi connectivity index (χ2n) is 4.82. The lowest BCUT2D eigenvalue weighted by Gasteiger charge is -2.13. The number of hydrogen-bond acceptors (Lipinski definition) is 5. The number of nitrogens with zero attached hydrogens (tertiary/aromatic N) is 2. The molecule has 0 atom stereocenters. The Labute approximate surface area is 141 Å². The van der Waals surface area contributed by atoms with Crippen molar-refractivity contribution >= 4 is 34.0 Å². The maximum absolute atomic E-state index is 14.0. The second-order valence-corrected chi connectivity index (χ2v) is 5.25. The lowest BCUT2D eigenvalue weighted by Crippen LogP contribution is -2.01. The highest BCUT2D eigenvalue weighted by Crippen LogP contribution is 2.35. The van der Waals surface area contributed by atoms with Crippen molar-refractivity contribution in [2.75, 3.05) is 19.5 Å². The van der Waals surface area contributed by atoms with Crippen LogP contribution in [0.25, 0.3) is 10.9 Å². The van der Waals surface area contributed by atoms with Gasteiger partial charge in [0, 0.05) is 16.5 Å². The molecule has 2 aromatic carbocycles. The zero-order valence-electron chi connectivity index (χ0n) is 12.7. The summed E-state index contributed by atoms with van der Waals surface area (Å²) in [6.45, 7) is 0. The van der Waals surface area contributed by atoms with Crippen molar-refractivity contribution in [3.63, 3.8) is 0 Å². The van der Waals surface area contributed by atoms with Gasteiger partial charge in [-0.3, -0.25) is 0 Å². The van der Waals surface area contributed by atoms with Crippen LogP contribution in [0.5, 0.6) is 11.5 Å². The highest BCUT2D eigenvalue weighted by Gasteiger charge is 2.15. The number of benzene rings is 2. The Morgan fingerprint density at radius 2 is 1.58 bits per heavy atom. The zero-order chi connectivity index (χ0) is 17.3. The van der Waals surface area contributed by atoms with Crippen molar-refractivity contribution < 1.29 is 18.3 Å². The van der Waals surface area contributed by atoms with Gasteiger partial charge < -0.3 is 14.8 Å². The highest BCUT2D eigenvalue weighted by molar-refractivity contribution is 6.30. The van der Waals surface area contributed by atoms with Gasteiger partial charge in [0.1, 0.15) is 17.8 Å². The van der Waals surface area contributed by atoms with Gasteiger partial charge in [-0.1, -0.05) is 11.6 Å². The molecule has 0 saturated heterocycles. The molecule has 8 heteroatoms. The van der Waals surface area contributed by atoms with Crippen LogP contribution in [-0.4, -0.2) is 24.2 Å². The van der Waals surface area contributed by atoms with E-state index < -0.39 is 11.6 Å². The van der Waals surface area contributed by atoms with Crippen LogP contribution in [0.4, 0.5) is 20.3 Å². The van der Waals surface area contributed by atoms with Crippen molar-refractivity contribution in [3.8, 4) is 11.5 Å².